The third kappa shape index (κ3) is 1.06. The van der Waals surface area contributed by atoms with Crippen molar-refractivity contribution in [3.8, 4) is 0 Å². The van der Waals surface area contributed by atoms with Crippen molar-refractivity contribution in [2.24, 2.45) is 22.2 Å². The molecule has 2 saturated carbocycles. The lowest BCUT2D eigenvalue weighted by molar-refractivity contribution is 0.250. The van der Waals surface area contributed by atoms with Crippen LogP contribution in [0.3, 0.4) is 0 Å². The van der Waals surface area contributed by atoms with Gasteiger partial charge in [0, 0.05) is 0 Å². The predicted octanol–water partition coefficient (Wildman–Crippen LogP) is 4.17. The van der Waals surface area contributed by atoms with Gasteiger partial charge in [-0.25, -0.2) is 0 Å². The molecule has 2 unspecified atom stereocenters. The molecule has 0 bridgehead atoms. The normalized spacial score (nSPS) is 46.6. The zero-order valence-electron chi connectivity index (χ0n) is 9.98. The van der Waals surface area contributed by atoms with E-state index in [9.17, 15) is 0 Å². The molecule has 2 fully saturated rings. The fourth-order valence-electron chi connectivity index (χ4n) is 4.44. The van der Waals surface area contributed by atoms with Crippen LogP contribution in [0.2, 0.25) is 0 Å². The molecule has 0 aromatic carbocycles. The second-order valence-electron chi connectivity index (χ2n) is 7.44. The van der Waals surface area contributed by atoms with Gasteiger partial charge in [0.25, 0.3) is 0 Å². The Balaban J connectivity index is 1.98. The molecule has 0 N–H and O–H groups in total. The van der Waals surface area contributed by atoms with Gasteiger partial charge in [0.15, 0.2) is 0 Å². The molecular weight excluding hydrogens is 168 g/mol. The lowest BCUT2D eigenvalue weighted by atomic mass is 9.73. The number of allylic oxidation sites excluding steroid dienone is 2. The van der Waals surface area contributed by atoms with Gasteiger partial charge in [-0.1, -0.05) is 39.3 Å². The van der Waals surface area contributed by atoms with Gasteiger partial charge in [-0.3, -0.25) is 0 Å². The molecule has 3 aliphatic rings. The van der Waals surface area contributed by atoms with Gasteiger partial charge in [0.1, 0.15) is 0 Å². The Morgan fingerprint density at radius 2 is 1.86 bits per heavy atom. The maximum absolute atomic E-state index is 2.59. The van der Waals surface area contributed by atoms with Gasteiger partial charge in [-0.2, -0.15) is 0 Å². The van der Waals surface area contributed by atoms with E-state index in [1.807, 2.05) is 5.57 Å². The minimum absolute atomic E-state index is 0.487. The van der Waals surface area contributed by atoms with Crippen LogP contribution in [0.1, 0.15) is 53.4 Å². The Kier molecular flexibility index (Phi) is 1.37. The highest BCUT2D eigenvalue weighted by Crippen LogP contribution is 2.74. The van der Waals surface area contributed by atoms with E-state index in [0.29, 0.717) is 16.2 Å². The molecule has 0 aromatic rings. The maximum atomic E-state index is 2.59. The molecular formula is C14H22. The van der Waals surface area contributed by atoms with Crippen molar-refractivity contribution in [3.05, 3.63) is 11.6 Å². The summed E-state index contributed by atoms with van der Waals surface area (Å²) in [6, 6.07) is 0. The summed E-state index contributed by atoms with van der Waals surface area (Å²) in [5.41, 5.74) is 3.62. The lowest BCUT2D eigenvalue weighted by Crippen LogP contribution is -2.22. The molecule has 0 heterocycles. The monoisotopic (exact) mass is 190 g/mol. The third-order valence-electron chi connectivity index (χ3n) is 4.73. The first kappa shape index (κ1) is 9.00. The minimum atomic E-state index is 0.487. The van der Waals surface area contributed by atoms with Crippen LogP contribution in [0.25, 0.3) is 0 Å². The summed E-state index contributed by atoms with van der Waals surface area (Å²) in [6.45, 7) is 9.74. The van der Waals surface area contributed by atoms with E-state index < -0.39 is 0 Å². The minimum Gasteiger partial charge on any atom is -0.0790 e. The van der Waals surface area contributed by atoms with E-state index in [2.05, 4.69) is 33.8 Å². The molecule has 14 heavy (non-hydrogen) atoms. The Morgan fingerprint density at radius 1 is 1.14 bits per heavy atom. The number of hydrogen-bond donors (Lipinski definition) is 0. The number of hydrogen-bond acceptors (Lipinski definition) is 0. The van der Waals surface area contributed by atoms with Crippen LogP contribution in [0, 0.1) is 22.2 Å². The molecule has 0 saturated heterocycles. The highest BCUT2D eigenvalue weighted by molar-refractivity contribution is 5.41. The van der Waals surface area contributed by atoms with Gasteiger partial charge >= 0.3 is 0 Å². The molecule has 3 aliphatic carbocycles. The van der Waals surface area contributed by atoms with Crippen LogP contribution < -0.4 is 0 Å². The van der Waals surface area contributed by atoms with E-state index in [0.717, 1.165) is 5.92 Å². The summed E-state index contributed by atoms with van der Waals surface area (Å²) in [5.74, 6) is 1.01. The van der Waals surface area contributed by atoms with Crippen LogP contribution in [0.5, 0.6) is 0 Å². The Morgan fingerprint density at radius 3 is 2.57 bits per heavy atom. The summed E-state index contributed by atoms with van der Waals surface area (Å²) < 4.78 is 0. The largest absolute Gasteiger partial charge is 0.0790 e. The standard InChI is InChI=1S/C14H22/c1-12(2)5-10-7-13(3,4)9-14(10)8-11(14)6-12/h6,10H,5,7-9H2,1-4H3. The fraction of sp³-hybridized carbons (Fsp3) is 0.857. The Hall–Kier alpha value is -0.260. The van der Waals surface area contributed by atoms with Gasteiger partial charge in [0.2, 0.25) is 0 Å². The van der Waals surface area contributed by atoms with E-state index in [-0.39, 0.29) is 0 Å². The highest BCUT2D eigenvalue weighted by atomic mass is 14.7. The molecule has 1 spiro atoms. The average molecular weight is 190 g/mol. The molecule has 0 aliphatic heterocycles. The first-order valence-electron chi connectivity index (χ1n) is 6.05. The van der Waals surface area contributed by atoms with Crippen molar-refractivity contribution in [3.63, 3.8) is 0 Å². The summed E-state index contributed by atoms with van der Waals surface area (Å²) in [7, 11) is 0. The van der Waals surface area contributed by atoms with Gasteiger partial charge in [-0.15, -0.1) is 0 Å². The predicted molar refractivity (Wildman–Crippen MR) is 60.0 cm³/mol. The van der Waals surface area contributed by atoms with Crippen LogP contribution in [-0.4, -0.2) is 0 Å². The van der Waals surface area contributed by atoms with E-state index in [1.165, 1.54) is 25.7 Å². The maximum Gasteiger partial charge on any atom is -0.00164 e. The summed E-state index contributed by atoms with van der Waals surface area (Å²) in [5, 5.41) is 0. The van der Waals surface area contributed by atoms with E-state index in [1.54, 1.807) is 0 Å². The Bertz CT molecular complexity index is 319. The zero-order chi connectivity index (χ0) is 10.2. The molecule has 0 heteroatoms. The first-order chi connectivity index (χ1) is 6.33. The topological polar surface area (TPSA) is 0 Å². The van der Waals surface area contributed by atoms with Crippen LogP contribution in [0.15, 0.2) is 11.6 Å². The molecule has 78 valence electrons. The van der Waals surface area contributed by atoms with Crippen molar-refractivity contribution >= 4 is 0 Å². The van der Waals surface area contributed by atoms with E-state index >= 15 is 0 Å². The highest BCUT2D eigenvalue weighted by Gasteiger charge is 2.63. The second kappa shape index (κ2) is 2.13. The quantitative estimate of drug-likeness (QED) is 0.503. The molecule has 2 atom stereocenters. The average Bonchev–Trinajstić information content (AvgIpc) is 2.51. The molecule has 0 radical (unpaired) electrons. The smallest absolute Gasteiger partial charge is 0.00164 e. The van der Waals surface area contributed by atoms with Crippen molar-refractivity contribution in [2.75, 3.05) is 0 Å². The lowest BCUT2D eigenvalue weighted by Gasteiger charge is -2.32. The third-order valence-corrected chi connectivity index (χ3v) is 4.73. The van der Waals surface area contributed by atoms with Gasteiger partial charge in [0.05, 0.1) is 0 Å². The summed E-state index contributed by atoms with van der Waals surface area (Å²) >= 11 is 0. The van der Waals surface area contributed by atoms with Crippen LogP contribution in [-0.2, 0) is 0 Å². The summed E-state index contributed by atoms with van der Waals surface area (Å²) in [4.78, 5) is 0. The van der Waals surface area contributed by atoms with E-state index in [4.69, 9.17) is 0 Å². The second-order valence-corrected chi connectivity index (χ2v) is 7.44. The van der Waals surface area contributed by atoms with Gasteiger partial charge < -0.3 is 0 Å². The van der Waals surface area contributed by atoms with Crippen molar-refractivity contribution in [1.82, 2.24) is 0 Å². The van der Waals surface area contributed by atoms with Crippen molar-refractivity contribution < 1.29 is 0 Å². The SMILES string of the molecule is CC1(C)C=C2CC23CC(C)(C)CC3C1. The molecule has 3 rings (SSSR count). The molecule has 0 aromatic heterocycles. The summed E-state index contributed by atoms with van der Waals surface area (Å²) in [6.07, 6.45) is 8.38. The van der Waals surface area contributed by atoms with Gasteiger partial charge in [-0.05, 0) is 47.8 Å². The Labute approximate surface area is 87.8 Å². The molecule has 0 amide bonds. The van der Waals surface area contributed by atoms with Crippen molar-refractivity contribution in [1.29, 1.82) is 0 Å². The fourth-order valence-corrected chi connectivity index (χ4v) is 4.44. The first-order valence-corrected chi connectivity index (χ1v) is 6.05. The number of rotatable bonds is 0. The van der Waals surface area contributed by atoms with Crippen molar-refractivity contribution in [2.45, 2.75) is 53.4 Å². The molecule has 0 nitrogen and oxygen atoms in total. The van der Waals surface area contributed by atoms with Crippen LogP contribution >= 0.6 is 0 Å². The van der Waals surface area contributed by atoms with Crippen LogP contribution in [0.4, 0.5) is 0 Å². The zero-order valence-corrected chi connectivity index (χ0v) is 9.98.